The first-order chi connectivity index (χ1) is 10.6. The van der Waals surface area contributed by atoms with E-state index in [0.29, 0.717) is 0 Å². The Kier molecular flexibility index (Phi) is 3.62. The minimum absolute atomic E-state index is 0.0635. The number of hydrogen-bond donors (Lipinski definition) is 2. The van der Waals surface area contributed by atoms with Gasteiger partial charge in [-0.2, -0.15) is 5.10 Å². The number of carbonyl (C=O) groups excluding carboxylic acids is 1. The van der Waals surface area contributed by atoms with Crippen molar-refractivity contribution in [2.24, 2.45) is 0 Å². The molecule has 0 spiro atoms. The second-order valence-corrected chi connectivity index (χ2v) is 5.29. The summed E-state index contributed by atoms with van der Waals surface area (Å²) >= 11 is 0. The highest BCUT2D eigenvalue weighted by Gasteiger charge is 2.22. The lowest BCUT2D eigenvalue weighted by molar-refractivity contribution is -0.119. The maximum absolute atomic E-state index is 12.3. The lowest BCUT2D eigenvalue weighted by Gasteiger charge is -2.15. The molecule has 1 aliphatic rings. The fourth-order valence-electron chi connectivity index (χ4n) is 2.52. The van der Waals surface area contributed by atoms with Crippen LogP contribution in [0.15, 0.2) is 29.2 Å². The number of anilines is 1. The van der Waals surface area contributed by atoms with E-state index in [2.05, 4.69) is 15.4 Å². The molecule has 0 aromatic carbocycles. The molecule has 0 bridgehead atoms. The van der Waals surface area contributed by atoms with Crippen LogP contribution >= 0.6 is 0 Å². The highest BCUT2D eigenvalue weighted by atomic mass is 16.3. The molecule has 0 saturated carbocycles. The van der Waals surface area contributed by atoms with Crippen molar-refractivity contribution in [3.05, 3.63) is 46.0 Å². The quantitative estimate of drug-likeness (QED) is 0.882. The number of nitrogens with one attached hydrogen (secondary N) is 1. The molecule has 1 unspecified atom stereocenters. The van der Waals surface area contributed by atoms with Crippen molar-refractivity contribution in [3.8, 4) is 5.75 Å². The van der Waals surface area contributed by atoms with E-state index in [1.807, 2.05) is 0 Å². The van der Waals surface area contributed by atoms with Gasteiger partial charge in [0, 0.05) is 12.3 Å². The maximum atomic E-state index is 12.3. The van der Waals surface area contributed by atoms with Crippen LogP contribution in [-0.2, 0) is 17.6 Å². The third kappa shape index (κ3) is 2.57. The Hall–Kier alpha value is -2.70. The van der Waals surface area contributed by atoms with Gasteiger partial charge in [-0.25, -0.2) is 9.67 Å². The molecule has 0 radical (unpaired) electrons. The molecule has 114 valence electrons. The molecule has 0 fully saturated rings. The molecule has 2 aromatic heterocycles. The summed E-state index contributed by atoms with van der Waals surface area (Å²) in [5.41, 5.74) is 1.55. The topological polar surface area (TPSA) is 97.1 Å². The number of aromatic nitrogens is 3. The molecule has 1 amide bonds. The summed E-state index contributed by atoms with van der Waals surface area (Å²) < 4.78 is 1.18. The molecule has 0 saturated heterocycles. The van der Waals surface area contributed by atoms with Gasteiger partial charge in [0.2, 0.25) is 5.91 Å². The highest BCUT2D eigenvalue weighted by molar-refractivity contribution is 5.93. The predicted molar refractivity (Wildman–Crippen MR) is 79.8 cm³/mol. The van der Waals surface area contributed by atoms with Crippen molar-refractivity contribution >= 4 is 11.7 Å². The van der Waals surface area contributed by atoms with Crippen molar-refractivity contribution in [3.63, 3.8) is 0 Å². The number of pyridine rings is 1. The summed E-state index contributed by atoms with van der Waals surface area (Å²) in [5, 5.41) is 16.4. The number of amides is 1. The average molecular weight is 300 g/mol. The molecule has 2 N–H and O–H groups in total. The first-order valence-electron chi connectivity index (χ1n) is 7.12. The summed E-state index contributed by atoms with van der Waals surface area (Å²) in [6.45, 7) is 1.59. The van der Waals surface area contributed by atoms with Gasteiger partial charge in [-0.3, -0.25) is 9.59 Å². The molecule has 22 heavy (non-hydrogen) atoms. The summed E-state index contributed by atoms with van der Waals surface area (Å²) in [6, 6.07) is 3.74. The zero-order valence-corrected chi connectivity index (χ0v) is 12.1. The van der Waals surface area contributed by atoms with E-state index < -0.39 is 11.9 Å². The van der Waals surface area contributed by atoms with Crippen LogP contribution < -0.4 is 10.9 Å². The van der Waals surface area contributed by atoms with Crippen LogP contribution in [0.5, 0.6) is 5.75 Å². The summed E-state index contributed by atoms with van der Waals surface area (Å²) in [7, 11) is 0. The molecular weight excluding hydrogens is 284 g/mol. The Labute approximate surface area is 126 Å². The lowest BCUT2D eigenvalue weighted by atomic mass is 10.2. The SMILES string of the molecule is CC(C(=O)Nc1ncccc1O)n1nc2c(cc1=O)CCC2. The number of nitrogens with zero attached hydrogens (tertiary/aromatic N) is 3. The highest BCUT2D eigenvalue weighted by Crippen LogP contribution is 2.20. The number of carbonyl (C=O) groups is 1. The lowest BCUT2D eigenvalue weighted by Crippen LogP contribution is -2.34. The molecule has 0 aliphatic heterocycles. The van der Waals surface area contributed by atoms with Crippen molar-refractivity contribution in [2.45, 2.75) is 32.2 Å². The van der Waals surface area contributed by atoms with Crippen LogP contribution in [0, 0.1) is 0 Å². The van der Waals surface area contributed by atoms with E-state index >= 15 is 0 Å². The van der Waals surface area contributed by atoms with E-state index in [1.165, 1.54) is 16.9 Å². The van der Waals surface area contributed by atoms with E-state index in [0.717, 1.165) is 30.5 Å². The van der Waals surface area contributed by atoms with Crippen LogP contribution in [0.1, 0.15) is 30.6 Å². The number of aryl methyl sites for hydroxylation is 2. The standard InChI is InChI=1S/C15H16N4O3/c1-9(15(22)17-14-12(20)6-3-7-16-14)19-13(21)8-10-4-2-5-11(10)18-19/h3,6-9,20H,2,4-5H2,1H3,(H,16,17,22). The van der Waals surface area contributed by atoms with Gasteiger partial charge in [-0.05, 0) is 43.9 Å². The number of hydrogen-bond acceptors (Lipinski definition) is 5. The molecule has 7 nitrogen and oxygen atoms in total. The Balaban J connectivity index is 1.85. The van der Waals surface area contributed by atoms with Gasteiger partial charge in [-0.1, -0.05) is 0 Å². The van der Waals surface area contributed by atoms with Gasteiger partial charge in [0.25, 0.3) is 5.56 Å². The number of rotatable bonds is 3. The van der Waals surface area contributed by atoms with Crippen LogP contribution in [0.25, 0.3) is 0 Å². The van der Waals surface area contributed by atoms with Gasteiger partial charge in [0.1, 0.15) is 6.04 Å². The van der Waals surface area contributed by atoms with Gasteiger partial charge in [0.05, 0.1) is 5.69 Å². The predicted octanol–water partition coefficient (Wildman–Crippen LogP) is 1.03. The Morgan fingerprint density at radius 3 is 3.05 bits per heavy atom. The average Bonchev–Trinajstić information content (AvgIpc) is 2.95. The normalized spacial score (nSPS) is 14.4. The monoisotopic (exact) mass is 300 g/mol. The first kappa shape index (κ1) is 14.2. The second-order valence-electron chi connectivity index (χ2n) is 5.29. The third-order valence-corrected chi connectivity index (χ3v) is 3.76. The Morgan fingerprint density at radius 1 is 1.45 bits per heavy atom. The van der Waals surface area contributed by atoms with Crippen LogP contribution in [0.3, 0.4) is 0 Å². The number of fused-ring (bicyclic) bond motifs is 1. The molecule has 3 rings (SSSR count). The van der Waals surface area contributed by atoms with E-state index in [9.17, 15) is 14.7 Å². The third-order valence-electron chi connectivity index (χ3n) is 3.76. The summed E-state index contributed by atoms with van der Waals surface area (Å²) in [6.07, 6.45) is 4.12. The van der Waals surface area contributed by atoms with Gasteiger partial charge in [0.15, 0.2) is 11.6 Å². The Bertz CT molecular complexity index is 785. The van der Waals surface area contributed by atoms with Crippen molar-refractivity contribution in [1.82, 2.24) is 14.8 Å². The first-order valence-corrected chi connectivity index (χ1v) is 7.12. The summed E-state index contributed by atoms with van der Waals surface area (Å²) in [5.74, 6) is -0.521. The minimum Gasteiger partial charge on any atom is -0.504 e. The van der Waals surface area contributed by atoms with E-state index in [-0.39, 0.29) is 17.1 Å². The van der Waals surface area contributed by atoms with Crippen LogP contribution in [0.4, 0.5) is 5.82 Å². The van der Waals surface area contributed by atoms with E-state index in [4.69, 9.17) is 0 Å². The van der Waals surface area contributed by atoms with Gasteiger partial charge in [-0.15, -0.1) is 0 Å². The number of aromatic hydroxyl groups is 1. The molecule has 1 atom stereocenters. The smallest absolute Gasteiger partial charge is 0.267 e. The Morgan fingerprint density at radius 2 is 2.27 bits per heavy atom. The zero-order chi connectivity index (χ0) is 15.7. The molecule has 7 heteroatoms. The minimum atomic E-state index is -0.792. The van der Waals surface area contributed by atoms with Crippen LogP contribution in [0.2, 0.25) is 0 Å². The van der Waals surface area contributed by atoms with Crippen molar-refractivity contribution in [2.75, 3.05) is 5.32 Å². The maximum Gasteiger partial charge on any atom is 0.267 e. The van der Waals surface area contributed by atoms with Crippen LogP contribution in [-0.4, -0.2) is 25.8 Å². The van der Waals surface area contributed by atoms with Gasteiger partial charge >= 0.3 is 0 Å². The van der Waals surface area contributed by atoms with E-state index in [1.54, 1.807) is 19.1 Å². The molecule has 1 aliphatic carbocycles. The van der Waals surface area contributed by atoms with Crippen molar-refractivity contribution in [1.29, 1.82) is 0 Å². The molecule has 2 aromatic rings. The van der Waals surface area contributed by atoms with Gasteiger partial charge < -0.3 is 10.4 Å². The fraction of sp³-hybridized carbons (Fsp3) is 0.333. The molecule has 2 heterocycles. The van der Waals surface area contributed by atoms with Crippen molar-refractivity contribution < 1.29 is 9.90 Å². The molecular formula is C15H16N4O3. The largest absolute Gasteiger partial charge is 0.504 e. The zero-order valence-electron chi connectivity index (χ0n) is 12.1. The fourth-order valence-corrected chi connectivity index (χ4v) is 2.52. The summed E-state index contributed by atoms with van der Waals surface area (Å²) in [4.78, 5) is 28.2. The second kappa shape index (κ2) is 5.59.